The smallest absolute Gasteiger partial charge is 0.264 e. The van der Waals surface area contributed by atoms with Crippen LogP contribution in [0.2, 0.25) is 0 Å². The van der Waals surface area contributed by atoms with Crippen molar-refractivity contribution in [3.63, 3.8) is 0 Å². The molecule has 0 aromatic heterocycles. The summed E-state index contributed by atoms with van der Waals surface area (Å²) in [6.45, 7) is 2.82. The van der Waals surface area contributed by atoms with E-state index in [1.165, 1.54) is 6.07 Å². The topological polar surface area (TPSA) is 44.5 Å². The SMILES string of the molecule is CC(N)Cc1cc2c(cc1C(F)F)OCCCO2. The van der Waals surface area contributed by atoms with Gasteiger partial charge in [-0.3, -0.25) is 0 Å². The van der Waals surface area contributed by atoms with Crippen molar-refractivity contribution in [2.75, 3.05) is 13.2 Å². The van der Waals surface area contributed by atoms with E-state index in [-0.39, 0.29) is 11.6 Å². The minimum absolute atomic E-state index is 0.0171. The maximum absolute atomic E-state index is 13.0. The summed E-state index contributed by atoms with van der Waals surface area (Å²) >= 11 is 0. The molecular formula is C13H17F2NO2. The maximum Gasteiger partial charge on any atom is 0.264 e. The molecule has 3 nitrogen and oxygen atoms in total. The first-order chi connectivity index (χ1) is 8.58. The lowest BCUT2D eigenvalue weighted by Gasteiger charge is -2.15. The van der Waals surface area contributed by atoms with E-state index >= 15 is 0 Å². The normalized spacial score (nSPS) is 16.5. The van der Waals surface area contributed by atoms with E-state index in [0.717, 1.165) is 6.42 Å². The van der Waals surface area contributed by atoms with Gasteiger partial charge in [0.05, 0.1) is 13.2 Å². The van der Waals surface area contributed by atoms with Crippen molar-refractivity contribution < 1.29 is 18.3 Å². The van der Waals surface area contributed by atoms with Crippen molar-refractivity contribution in [3.8, 4) is 11.5 Å². The summed E-state index contributed by atoms with van der Waals surface area (Å²) in [7, 11) is 0. The van der Waals surface area contributed by atoms with Gasteiger partial charge >= 0.3 is 0 Å². The molecule has 0 amide bonds. The van der Waals surface area contributed by atoms with Crippen molar-refractivity contribution in [1.29, 1.82) is 0 Å². The van der Waals surface area contributed by atoms with E-state index in [1.807, 2.05) is 0 Å². The van der Waals surface area contributed by atoms with E-state index in [9.17, 15) is 8.78 Å². The fourth-order valence-electron chi connectivity index (χ4n) is 1.99. The van der Waals surface area contributed by atoms with Crippen LogP contribution in [0.3, 0.4) is 0 Å². The summed E-state index contributed by atoms with van der Waals surface area (Å²) in [5.41, 5.74) is 6.20. The monoisotopic (exact) mass is 257 g/mol. The molecule has 5 heteroatoms. The molecule has 2 rings (SSSR count). The Morgan fingerprint density at radius 2 is 1.83 bits per heavy atom. The van der Waals surface area contributed by atoms with Gasteiger partial charge in [-0.2, -0.15) is 0 Å². The van der Waals surface area contributed by atoms with Crippen molar-refractivity contribution in [3.05, 3.63) is 23.3 Å². The van der Waals surface area contributed by atoms with E-state index in [1.54, 1.807) is 13.0 Å². The summed E-state index contributed by atoms with van der Waals surface area (Å²) in [5.74, 6) is 0.934. The molecular weight excluding hydrogens is 240 g/mol. The number of hydrogen-bond acceptors (Lipinski definition) is 3. The van der Waals surface area contributed by atoms with Crippen LogP contribution < -0.4 is 15.2 Å². The fraction of sp³-hybridized carbons (Fsp3) is 0.538. The molecule has 100 valence electrons. The Hall–Kier alpha value is -1.36. The van der Waals surface area contributed by atoms with Crippen molar-refractivity contribution >= 4 is 0 Å². The zero-order valence-corrected chi connectivity index (χ0v) is 10.3. The highest BCUT2D eigenvalue weighted by molar-refractivity contribution is 5.48. The summed E-state index contributed by atoms with van der Waals surface area (Å²) in [6, 6.07) is 2.83. The third kappa shape index (κ3) is 2.90. The number of fused-ring (bicyclic) bond motifs is 1. The predicted molar refractivity (Wildman–Crippen MR) is 64.4 cm³/mol. The third-order valence-electron chi connectivity index (χ3n) is 2.79. The Morgan fingerprint density at radius 3 is 2.39 bits per heavy atom. The Kier molecular flexibility index (Phi) is 4.01. The molecule has 0 spiro atoms. The van der Waals surface area contributed by atoms with Crippen LogP contribution in [0.5, 0.6) is 11.5 Å². The first-order valence-corrected chi connectivity index (χ1v) is 6.04. The zero-order valence-electron chi connectivity index (χ0n) is 10.3. The standard InChI is InChI=1S/C13H17F2NO2/c1-8(16)5-9-6-11-12(7-10(9)13(14)15)18-4-2-3-17-11/h6-8,13H,2-5,16H2,1H3. The van der Waals surface area contributed by atoms with Crippen molar-refractivity contribution in [2.24, 2.45) is 5.73 Å². The molecule has 1 unspecified atom stereocenters. The Balaban J connectivity index is 2.40. The number of halogens is 2. The fourth-order valence-corrected chi connectivity index (χ4v) is 1.99. The summed E-state index contributed by atoms with van der Waals surface area (Å²) in [5, 5.41) is 0. The van der Waals surface area contributed by atoms with Crippen molar-refractivity contribution in [2.45, 2.75) is 32.2 Å². The molecule has 0 saturated carbocycles. The third-order valence-corrected chi connectivity index (χ3v) is 2.79. The summed E-state index contributed by atoms with van der Waals surface area (Å²) in [6.07, 6.45) is -1.38. The van der Waals surface area contributed by atoms with Crippen LogP contribution in [0, 0.1) is 0 Å². The van der Waals surface area contributed by atoms with Crippen LogP contribution in [0.15, 0.2) is 12.1 Å². The number of benzene rings is 1. The van der Waals surface area contributed by atoms with Gasteiger partial charge in [-0.05, 0) is 31.0 Å². The first-order valence-electron chi connectivity index (χ1n) is 6.04. The first kappa shape index (κ1) is 13.1. The van der Waals surface area contributed by atoms with Crippen LogP contribution in [0.1, 0.15) is 30.9 Å². The van der Waals surface area contributed by atoms with Gasteiger partial charge < -0.3 is 15.2 Å². The van der Waals surface area contributed by atoms with E-state index < -0.39 is 6.43 Å². The largest absolute Gasteiger partial charge is 0.490 e. The highest BCUT2D eigenvalue weighted by Crippen LogP contribution is 2.36. The van der Waals surface area contributed by atoms with Crippen LogP contribution in [0.25, 0.3) is 0 Å². The molecule has 0 aliphatic carbocycles. The molecule has 1 aliphatic heterocycles. The molecule has 1 aromatic carbocycles. The van der Waals surface area contributed by atoms with Crippen molar-refractivity contribution in [1.82, 2.24) is 0 Å². The van der Waals surface area contributed by atoms with Crippen LogP contribution in [-0.4, -0.2) is 19.3 Å². The average molecular weight is 257 g/mol. The summed E-state index contributed by atoms with van der Waals surface area (Å²) in [4.78, 5) is 0. The molecule has 1 heterocycles. The zero-order chi connectivity index (χ0) is 13.1. The summed E-state index contributed by atoms with van der Waals surface area (Å²) < 4.78 is 36.9. The van der Waals surface area contributed by atoms with E-state index in [0.29, 0.717) is 36.7 Å². The van der Waals surface area contributed by atoms with Gasteiger partial charge in [-0.15, -0.1) is 0 Å². The van der Waals surface area contributed by atoms with Crippen LogP contribution in [-0.2, 0) is 6.42 Å². The van der Waals surface area contributed by atoms with E-state index in [2.05, 4.69) is 0 Å². The van der Waals surface area contributed by atoms with Gasteiger partial charge in [0.15, 0.2) is 11.5 Å². The Bertz CT molecular complexity index is 422. The molecule has 1 aliphatic rings. The Morgan fingerprint density at radius 1 is 1.22 bits per heavy atom. The highest BCUT2D eigenvalue weighted by Gasteiger charge is 2.20. The van der Waals surface area contributed by atoms with Gasteiger partial charge in [0.2, 0.25) is 0 Å². The lowest BCUT2D eigenvalue weighted by Crippen LogP contribution is -2.19. The number of ether oxygens (including phenoxy) is 2. The minimum Gasteiger partial charge on any atom is -0.490 e. The number of alkyl halides is 2. The van der Waals surface area contributed by atoms with Crippen LogP contribution in [0.4, 0.5) is 8.78 Å². The van der Waals surface area contributed by atoms with Gasteiger partial charge in [0.1, 0.15) is 0 Å². The molecule has 0 saturated heterocycles. The second-order valence-corrected chi connectivity index (χ2v) is 4.53. The molecule has 1 aromatic rings. The highest BCUT2D eigenvalue weighted by atomic mass is 19.3. The molecule has 0 radical (unpaired) electrons. The number of hydrogen-bond donors (Lipinski definition) is 1. The lowest BCUT2D eigenvalue weighted by molar-refractivity contribution is 0.149. The Labute approximate surface area is 105 Å². The lowest BCUT2D eigenvalue weighted by atomic mass is 10.0. The molecule has 0 fully saturated rings. The minimum atomic E-state index is -2.53. The maximum atomic E-state index is 13.0. The molecule has 1 atom stereocenters. The molecule has 0 bridgehead atoms. The number of rotatable bonds is 3. The van der Waals surface area contributed by atoms with Gasteiger partial charge in [-0.25, -0.2) is 8.78 Å². The second-order valence-electron chi connectivity index (χ2n) is 4.53. The van der Waals surface area contributed by atoms with E-state index in [4.69, 9.17) is 15.2 Å². The average Bonchev–Trinajstić information content (AvgIpc) is 2.51. The predicted octanol–water partition coefficient (Wildman–Crippen LogP) is 2.68. The van der Waals surface area contributed by atoms with Crippen LogP contribution >= 0.6 is 0 Å². The van der Waals surface area contributed by atoms with Gasteiger partial charge in [-0.1, -0.05) is 0 Å². The molecule has 18 heavy (non-hydrogen) atoms. The second kappa shape index (κ2) is 5.52. The van der Waals surface area contributed by atoms with Gasteiger partial charge in [0, 0.05) is 18.0 Å². The number of nitrogens with two attached hydrogens (primary N) is 1. The molecule has 2 N–H and O–H groups in total. The van der Waals surface area contributed by atoms with Gasteiger partial charge in [0.25, 0.3) is 6.43 Å². The quantitative estimate of drug-likeness (QED) is 0.905.